The molecule has 8 heteroatoms. The Morgan fingerprint density at radius 3 is 2.84 bits per heavy atom. The van der Waals surface area contributed by atoms with Crippen molar-refractivity contribution in [1.82, 2.24) is 29.8 Å². The third-order valence-corrected chi connectivity index (χ3v) is 4.85. The maximum absolute atomic E-state index is 12.5. The van der Waals surface area contributed by atoms with E-state index in [1.165, 1.54) is 0 Å². The van der Waals surface area contributed by atoms with E-state index in [9.17, 15) is 4.79 Å². The number of likely N-dealkylation sites (N-methyl/N-ethyl adjacent to an activating group) is 1. The molecule has 0 fully saturated rings. The molecule has 4 rings (SSSR count). The van der Waals surface area contributed by atoms with Crippen LogP contribution in [0.4, 0.5) is 5.82 Å². The van der Waals surface area contributed by atoms with Crippen LogP contribution in [0.3, 0.4) is 0 Å². The van der Waals surface area contributed by atoms with E-state index in [0.717, 1.165) is 34.7 Å². The highest BCUT2D eigenvalue weighted by Crippen LogP contribution is 2.25. The molecule has 0 aliphatic carbocycles. The maximum atomic E-state index is 12.5. The number of rotatable bonds is 8. The summed E-state index contributed by atoms with van der Waals surface area (Å²) in [6, 6.07) is 13.3. The lowest BCUT2D eigenvalue weighted by atomic mass is 10.1. The van der Waals surface area contributed by atoms with Gasteiger partial charge < -0.3 is 15.5 Å². The van der Waals surface area contributed by atoms with Gasteiger partial charge in [0.2, 0.25) is 0 Å². The quantitative estimate of drug-likeness (QED) is 0.460. The molecule has 0 aliphatic heterocycles. The summed E-state index contributed by atoms with van der Waals surface area (Å²) in [7, 11) is 3.95. The Kier molecular flexibility index (Phi) is 6.18. The Hall–Kier alpha value is -3.78. The molecule has 1 amide bonds. The lowest BCUT2D eigenvalue weighted by Crippen LogP contribution is -2.31. The molecule has 0 saturated heterocycles. The van der Waals surface area contributed by atoms with Crippen molar-refractivity contribution in [3.05, 3.63) is 78.4 Å². The number of hydrogen-bond acceptors (Lipinski definition) is 6. The van der Waals surface area contributed by atoms with Crippen LogP contribution in [0.5, 0.6) is 0 Å². The summed E-state index contributed by atoms with van der Waals surface area (Å²) in [5.41, 5.74) is 4.17. The smallest absolute Gasteiger partial charge is 0.251 e. The summed E-state index contributed by atoms with van der Waals surface area (Å²) in [6.45, 7) is 2.02. The summed E-state index contributed by atoms with van der Waals surface area (Å²) >= 11 is 0. The minimum absolute atomic E-state index is 0.0908. The van der Waals surface area contributed by atoms with Crippen LogP contribution in [-0.2, 0) is 6.54 Å². The van der Waals surface area contributed by atoms with Gasteiger partial charge in [-0.15, -0.1) is 0 Å². The number of carbonyl (C=O) groups is 1. The average molecular weight is 416 g/mol. The minimum Gasteiger partial charge on any atom is -0.366 e. The van der Waals surface area contributed by atoms with Crippen LogP contribution in [0.2, 0.25) is 0 Å². The largest absolute Gasteiger partial charge is 0.366 e. The normalized spacial score (nSPS) is 11.1. The number of nitrogens with zero attached hydrogens (tertiary/aromatic N) is 5. The number of pyridine rings is 1. The molecule has 8 nitrogen and oxygen atoms in total. The molecule has 0 saturated carbocycles. The Balaban J connectivity index is 1.54. The van der Waals surface area contributed by atoms with Crippen molar-refractivity contribution in [2.75, 3.05) is 32.5 Å². The summed E-state index contributed by atoms with van der Waals surface area (Å²) in [4.78, 5) is 23.4. The lowest BCUT2D eigenvalue weighted by Gasteiger charge is -2.11. The zero-order valence-electron chi connectivity index (χ0n) is 17.6. The fourth-order valence-electron chi connectivity index (χ4n) is 3.19. The van der Waals surface area contributed by atoms with Gasteiger partial charge in [-0.05, 0) is 49.5 Å². The van der Waals surface area contributed by atoms with Gasteiger partial charge in [0.25, 0.3) is 5.91 Å². The van der Waals surface area contributed by atoms with Gasteiger partial charge in [-0.1, -0.05) is 18.2 Å². The molecule has 3 heterocycles. The van der Waals surface area contributed by atoms with Gasteiger partial charge in [0, 0.05) is 49.4 Å². The molecule has 0 radical (unpaired) electrons. The first-order valence-corrected chi connectivity index (χ1v) is 10.1. The minimum atomic E-state index is -0.0908. The van der Waals surface area contributed by atoms with Gasteiger partial charge in [0.1, 0.15) is 5.82 Å². The highest BCUT2D eigenvalue weighted by Gasteiger charge is 2.12. The zero-order chi connectivity index (χ0) is 21.6. The van der Waals surface area contributed by atoms with Gasteiger partial charge in [-0.25, -0.2) is 9.50 Å². The van der Waals surface area contributed by atoms with Crippen molar-refractivity contribution in [2.45, 2.75) is 6.54 Å². The second-order valence-corrected chi connectivity index (χ2v) is 7.49. The monoisotopic (exact) mass is 415 g/mol. The Morgan fingerprint density at radius 1 is 1.13 bits per heavy atom. The summed E-state index contributed by atoms with van der Waals surface area (Å²) in [6.07, 6.45) is 7.22. The molecular weight excluding hydrogens is 390 g/mol. The number of anilines is 1. The van der Waals surface area contributed by atoms with E-state index in [1.54, 1.807) is 16.9 Å². The van der Waals surface area contributed by atoms with E-state index >= 15 is 0 Å². The highest BCUT2D eigenvalue weighted by atomic mass is 16.1. The Morgan fingerprint density at radius 2 is 2.03 bits per heavy atom. The van der Waals surface area contributed by atoms with Gasteiger partial charge in [-0.2, -0.15) is 5.10 Å². The van der Waals surface area contributed by atoms with E-state index in [2.05, 4.69) is 20.7 Å². The molecule has 2 N–H and O–H groups in total. The van der Waals surface area contributed by atoms with Gasteiger partial charge in [-0.3, -0.25) is 9.78 Å². The predicted octanol–water partition coefficient (Wildman–Crippen LogP) is 2.69. The van der Waals surface area contributed by atoms with E-state index in [0.29, 0.717) is 18.7 Å². The molecule has 4 aromatic rings. The Labute approximate surface area is 181 Å². The number of aromatic nitrogens is 4. The van der Waals surface area contributed by atoms with Crippen LogP contribution < -0.4 is 10.6 Å². The summed E-state index contributed by atoms with van der Waals surface area (Å²) in [5.74, 6) is 0.655. The first-order valence-electron chi connectivity index (χ1n) is 10.1. The molecule has 0 aliphatic rings. The fraction of sp³-hybridized carbons (Fsp3) is 0.217. The standard InChI is InChI=1S/C23H25N7O/c1-29(2)12-10-25-23(31)19-7-3-6-18(13-19)20-16-27-30-11-8-21(28-22(20)30)26-15-17-5-4-9-24-14-17/h3-9,11,13-14,16H,10,12,15H2,1-2H3,(H,25,31)(H,26,28). The third-order valence-electron chi connectivity index (χ3n) is 4.85. The van der Waals surface area contributed by atoms with E-state index in [1.807, 2.05) is 73.9 Å². The second-order valence-electron chi connectivity index (χ2n) is 7.49. The summed E-state index contributed by atoms with van der Waals surface area (Å²) < 4.78 is 1.73. The Bertz CT molecular complexity index is 1170. The van der Waals surface area contributed by atoms with Gasteiger partial charge in [0.05, 0.1) is 6.20 Å². The molecule has 0 unspecified atom stereocenters. The highest BCUT2D eigenvalue weighted by molar-refractivity contribution is 5.96. The third kappa shape index (κ3) is 5.04. The van der Waals surface area contributed by atoms with Crippen LogP contribution in [0.25, 0.3) is 16.8 Å². The van der Waals surface area contributed by atoms with E-state index in [4.69, 9.17) is 4.98 Å². The number of hydrogen-bond donors (Lipinski definition) is 2. The van der Waals surface area contributed by atoms with Crippen LogP contribution in [-0.4, -0.2) is 57.6 Å². The van der Waals surface area contributed by atoms with E-state index in [-0.39, 0.29) is 5.91 Å². The number of nitrogens with one attached hydrogen (secondary N) is 2. The van der Waals surface area contributed by atoms with Crippen LogP contribution in [0.1, 0.15) is 15.9 Å². The van der Waals surface area contributed by atoms with Crippen LogP contribution in [0, 0.1) is 0 Å². The number of fused-ring (bicyclic) bond motifs is 1. The zero-order valence-corrected chi connectivity index (χ0v) is 17.6. The molecule has 158 valence electrons. The summed E-state index contributed by atoms with van der Waals surface area (Å²) in [5, 5.41) is 10.7. The maximum Gasteiger partial charge on any atom is 0.251 e. The first kappa shape index (κ1) is 20.5. The van der Waals surface area contributed by atoms with Crippen molar-refractivity contribution in [3.8, 4) is 11.1 Å². The van der Waals surface area contributed by atoms with Gasteiger partial charge in [0.15, 0.2) is 5.65 Å². The molecule has 3 aromatic heterocycles. The van der Waals surface area contributed by atoms with E-state index < -0.39 is 0 Å². The van der Waals surface area contributed by atoms with Crippen molar-refractivity contribution in [3.63, 3.8) is 0 Å². The number of carbonyl (C=O) groups excluding carboxylic acids is 1. The molecular formula is C23H25N7O. The number of amides is 1. The van der Waals surface area contributed by atoms with Crippen molar-refractivity contribution >= 4 is 17.4 Å². The average Bonchev–Trinajstić information content (AvgIpc) is 3.21. The second kappa shape index (κ2) is 9.36. The lowest BCUT2D eigenvalue weighted by molar-refractivity contribution is 0.0951. The number of benzene rings is 1. The molecule has 1 aromatic carbocycles. The molecule has 0 atom stereocenters. The SMILES string of the molecule is CN(C)CCNC(=O)c1cccc(-c2cnn3ccc(NCc4cccnc4)nc23)c1. The van der Waals surface area contributed by atoms with Crippen molar-refractivity contribution in [2.24, 2.45) is 0 Å². The fourth-order valence-corrected chi connectivity index (χ4v) is 3.19. The van der Waals surface area contributed by atoms with Crippen molar-refractivity contribution in [1.29, 1.82) is 0 Å². The molecule has 31 heavy (non-hydrogen) atoms. The van der Waals surface area contributed by atoms with Crippen LogP contribution >= 0.6 is 0 Å². The molecule has 0 bridgehead atoms. The first-order chi connectivity index (χ1) is 15.1. The topological polar surface area (TPSA) is 87.5 Å². The van der Waals surface area contributed by atoms with Gasteiger partial charge >= 0.3 is 0 Å². The predicted molar refractivity (Wildman–Crippen MR) is 121 cm³/mol. The van der Waals surface area contributed by atoms with Crippen molar-refractivity contribution < 1.29 is 4.79 Å². The molecule has 0 spiro atoms. The van der Waals surface area contributed by atoms with Crippen LogP contribution in [0.15, 0.2) is 67.3 Å².